The second kappa shape index (κ2) is 14.5. The van der Waals surface area contributed by atoms with Gasteiger partial charge in [0.1, 0.15) is 17.2 Å². The molecule has 0 saturated heterocycles. The van der Waals surface area contributed by atoms with Gasteiger partial charge in [0, 0.05) is 25.3 Å². The number of methoxy groups -OCH3 is 1. The number of nitrogens with one attached hydrogen (secondary N) is 1. The van der Waals surface area contributed by atoms with Crippen molar-refractivity contribution in [3.05, 3.63) is 41.5 Å². The van der Waals surface area contributed by atoms with E-state index in [2.05, 4.69) is 44.8 Å². The van der Waals surface area contributed by atoms with Crippen LogP contribution in [-0.2, 0) is 0 Å². The fourth-order valence-corrected chi connectivity index (χ4v) is 3.82. The topological polar surface area (TPSA) is 60.0 Å². The molecule has 6 heteroatoms. The predicted molar refractivity (Wildman–Crippen MR) is 146 cm³/mol. The van der Waals surface area contributed by atoms with Crippen molar-refractivity contribution >= 4 is 17.3 Å². The van der Waals surface area contributed by atoms with Crippen molar-refractivity contribution in [3.8, 4) is 17.2 Å². The van der Waals surface area contributed by atoms with Gasteiger partial charge >= 0.3 is 0 Å². The highest BCUT2D eigenvalue weighted by molar-refractivity contribution is 6.06. The van der Waals surface area contributed by atoms with Crippen molar-refractivity contribution in [2.24, 2.45) is 0 Å². The summed E-state index contributed by atoms with van der Waals surface area (Å²) in [6, 6.07) is 9.53. The Labute approximate surface area is 212 Å². The number of anilines is 2. The van der Waals surface area contributed by atoms with Gasteiger partial charge in [-0.15, -0.1) is 0 Å². The molecule has 0 unspecified atom stereocenters. The van der Waals surface area contributed by atoms with Crippen molar-refractivity contribution in [1.82, 2.24) is 0 Å². The van der Waals surface area contributed by atoms with Gasteiger partial charge in [-0.3, -0.25) is 4.79 Å². The average molecular weight is 485 g/mol. The van der Waals surface area contributed by atoms with E-state index < -0.39 is 0 Å². The minimum absolute atomic E-state index is 0.201. The van der Waals surface area contributed by atoms with Gasteiger partial charge in [-0.05, 0) is 55.0 Å². The van der Waals surface area contributed by atoms with Crippen LogP contribution >= 0.6 is 0 Å². The molecular weight excluding hydrogens is 440 g/mol. The number of rotatable bonds is 15. The molecule has 1 N–H and O–H groups in total. The Morgan fingerprint density at radius 3 is 2.14 bits per heavy atom. The highest BCUT2D eigenvalue weighted by atomic mass is 16.5. The van der Waals surface area contributed by atoms with Crippen LogP contribution in [0, 0.1) is 0 Å². The van der Waals surface area contributed by atoms with Crippen LogP contribution in [0.3, 0.4) is 0 Å². The molecule has 0 radical (unpaired) electrons. The van der Waals surface area contributed by atoms with Gasteiger partial charge in [-0.1, -0.05) is 47.5 Å². The van der Waals surface area contributed by atoms with Gasteiger partial charge in [-0.2, -0.15) is 0 Å². The van der Waals surface area contributed by atoms with Crippen LogP contribution < -0.4 is 24.4 Å². The standard InChI is InChI=1S/C29H44N2O4/c1-8-11-16-34-27-20-28(35-17-12-9-2)24(19-23(27)21(4)5)29(32)30-22-13-14-26(33-7)25(18-22)31(6)15-10-3/h13-14,18-21H,8-12,15-17H2,1-7H3,(H,30,32). The lowest BCUT2D eigenvalue weighted by Crippen LogP contribution is -2.19. The Bertz CT molecular complexity index is 943. The summed E-state index contributed by atoms with van der Waals surface area (Å²) in [6.45, 7) is 12.7. The molecular formula is C29H44N2O4. The van der Waals surface area contributed by atoms with E-state index in [1.165, 1.54) is 0 Å². The van der Waals surface area contributed by atoms with E-state index in [1.54, 1.807) is 7.11 Å². The quantitative estimate of drug-likeness (QED) is 0.269. The van der Waals surface area contributed by atoms with E-state index >= 15 is 0 Å². The highest BCUT2D eigenvalue weighted by Crippen LogP contribution is 2.36. The molecule has 0 aliphatic rings. The molecule has 0 aliphatic carbocycles. The molecule has 0 heterocycles. The SMILES string of the molecule is CCCCOc1cc(OCCCC)c(C(C)C)cc1C(=O)Nc1ccc(OC)c(N(C)CCC)c1. The number of carbonyl (C=O) groups is 1. The second-order valence-corrected chi connectivity index (χ2v) is 9.21. The molecule has 0 aromatic heterocycles. The first-order valence-electron chi connectivity index (χ1n) is 13.0. The van der Waals surface area contributed by atoms with E-state index in [4.69, 9.17) is 14.2 Å². The third-order valence-corrected chi connectivity index (χ3v) is 5.90. The van der Waals surface area contributed by atoms with Crippen molar-refractivity contribution in [1.29, 1.82) is 0 Å². The summed E-state index contributed by atoms with van der Waals surface area (Å²) in [6.07, 6.45) is 5.00. The average Bonchev–Trinajstić information content (AvgIpc) is 2.84. The van der Waals surface area contributed by atoms with Crippen molar-refractivity contribution in [2.45, 2.75) is 72.6 Å². The van der Waals surface area contributed by atoms with E-state index in [-0.39, 0.29) is 11.8 Å². The maximum absolute atomic E-state index is 13.5. The lowest BCUT2D eigenvalue weighted by Gasteiger charge is -2.22. The third-order valence-electron chi connectivity index (χ3n) is 5.90. The molecule has 0 bridgehead atoms. The van der Waals surface area contributed by atoms with Gasteiger partial charge in [0.25, 0.3) is 5.91 Å². The van der Waals surface area contributed by atoms with Gasteiger partial charge < -0.3 is 24.4 Å². The van der Waals surface area contributed by atoms with Crippen molar-refractivity contribution in [2.75, 3.05) is 44.1 Å². The number of hydrogen-bond donors (Lipinski definition) is 1. The molecule has 2 rings (SSSR count). The summed E-state index contributed by atoms with van der Waals surface area (Å²) in [5.41, 5.74) is 3.18. The Morgan fingerprint density at radius 1 is 0.914 bits per heavy atom. The van der Waals surface area contributed by atoms with Gasteiger partial charge in [0.05, 0.1) is 31.6 Å². The number of ether oxygens (including phenoxy) is 3. The highest BCUT2D eigenvalue weighted by Gasteiger charge is 2.20. The maximum Gasteiger partial charge on any atom is 0.259 e. The number of carbonyl (C=O) groups excluding carboxylic acids is 1. The smallest absolute Gasteiger partial charge is 0.259 e. The number of benzene rings is 2. The van der Waals surface area contributed by atoms with E-state index in [1.807, 2.05) is 37.4 Å². The molecule has 35 heavy (non-hydrogen) atoms. The van der Waals surface area contributed by atoms with Crippen LogP contribution in [0.15, 0.2) is 30.3 Å². The molecule has 2 aromatic rings. The minimum atomic E-state index is -0.201. The Morgan fingerprint density at radius 2 is 1.57 bits per heavy atom. The summed E-state index contributed by atoms with van der Waals surface area (Å²) in [7, 11) is 3.69. The van der Waals surface area contributed by atoms with Gasteiger partial charge in [-0.25, -0.2) is 0 Å². The van der Waals surface area contributed by atoms with E-state index in [9.17, 15) is 4.79 Å². The molecule has 0 fully saturated rings. The van der Waals surface area contributed by atoms with Crippen LogP contribution in [0.4, 0.5) is 11.4 Å². The maximum atomic E-state index is 13.5. The third kappa shape index (κ3) is 8.08. The first-order chi connectivity index (χ1) is 16.9. The molecule has 0 aliphatic heterocycles. The number of nitrogens with zero attached hydrogens (tertiary/aromatic N) is 1. The van der Waals surface area contributed by atoms with Crippen LogP contribution in [0.2, 0.25) is 0 Å². The van der Waals surface area contributed by atoms with Gasteiger partial charge in [0.2, 0.25) is 0 Å². The van der Waals surface area contributed by atoms with Crippen LogP contribution in [-0.4, -0.2) is 39.8 Å². The number of hydrogen-bond acceptors (Lipinski definition) is 5. The number of unbranched alkanes of at least 4 members (excludes halogenated alkanes) is 2. The minimum Gasteiger partial charge on any atom is -0.495 e. The summed E-state index contributed by atoms with van der Waals surface area (Å²) < 4.78 is 17.7. The Kier molecular flexibility index (Phi) is 11.7. The van der Waals surface area contributed by atoms with Crippen LogP contribution in [0.25, 0.3) is 0 Å². The van der Waals surface area contributed by atoms with E-state index in [0.717, 1.165) is 61.4 Å². The first-order valence-corrected chi connectivity index (χ1v) is 13.0. The lowest BCUT2D eigenvalue weighted by molar-refractivity contribution is 0.102. The Hall–Kier alpha value is -2.89. The summed E-state index contributed by atoms with van der Waals surface area (Å²) in [5, 5.41) is 3.07. The van der Waals surface area contributed by atoms with Crippen LogP contribution in [0.5, 0.6) is 17.2 Å². The summed E-state index contributed by atoms with van der Waals surface area (Å²) >= 11 is 0. The molecule has 0 saturated carbocycles. The molecule has 0 spiro atoms. The summed E-state index contributed by atoms with van der Waals surface area (Å²) in [4.78, 5) is 15.6. The monoisotopic (exact) mass is 484 g/mol. The molecule has 2 aromatic carbocycles. The fourth-order valence-electron chi connectivity index (χ4n) is 3.82. The first kappa shape index (κ1) is 28.3. The lowest BCUT2D eigenvalue weighted by atomic mass is 9.98. The zero-order valence-electron chi connectivity index (χ0n) is 22.7. The normalized spacial score (nSPS) is 10.9. The predicted octanol–water partition coefficient (Wildman–Crippen LogP) is 7.27. The number of amides is 1. The van der Waals surface area contributed by atoms with Crippen LogP contribution in [0.1, 0.15) is 88.6 Å². The molecule has 6 nitrogen and oxygen atoms in total. The van der Waals surface area contributed by atoms with E-state index in [0.29, 0.717) is 30.2 Å². The zero-order chi connectivity index (χ0) is 25.8. The molecule has 1 amide bonds. The molecule has 0 atom stereocenters. The second-order valence-electron chi connectivity index (χ2n) is 9.21. The summed E-state index contributed by atoms with van der Waals surface area (Å²) in [5.74, 6) is 2.14. The van der Waals surface area contributed by atoms with Gasteiger partial charge in [0.15, 0.2) is 0 Å². The molecule has 194 valence electrons. The largest absolute Gasteiger partial charge is 0.495 e. The Balaban J connectivity index is 2.41. The fraction of sp³-hybridized carbons (Fsp3) is 0.552. The zero-order valence-corrected chi connectivity index (χ0v) is 22.7. The van der Waals surface area contributed by atoms with Crippen molar-refractivity contribution < 1.29 is 19.0 Å². The van der Waals surface area contributed by atoms with Crippen molar-refractivity contribution in [3.63, 3.8) is 0 Å².